The smallest absolute Gasteiger partial charge is 0.239 e. The molecular weight excluding hydrogens is 418 g/mol. The number of nitriles is 1. The fourth-order valence-corrected chi connectivity index (χ4v) is 5.71. The molecule has 3 atom stereocenters. The number of rotatable bonds is 4. The fourth-order valence-electron chi connectivity index (χ4n) is 4.35. The van der Waals surface area contributed by atoms with Gasteiger partial charge in [-0.25, -0.2) is 4.99 Å². The number of pyridine rings is 1. The van der Waals surface area contributed by atoms with Gasteiger partial charge in [-0.15, -0.1) is 11.8 Å². The molecule has 0 spiro atoms. The molecule has 164 valence electrons. The molecule has 3 heterocycles. The Balaban J connectivity index is 1.76. The molecule has 2 aliphatic heterocycles. The van der Waals surface area contributed by atoms with Gasteiger partial charge in [-0.3, -0.25) is 14.7 Å². The van der Waals surface area contributed by atoms with E-state index >= 15 is 0 Å². The van der Waals surface area contributed by atoms with E-state index in [-0.39, 0.29) is 17.8 Å². The Morgan fingerprint density at radius 2 is 1.97 bits per heavy atom. The summed E-state index contributed by atoms with van der Waals surface area (Å²) < 4.78 is 0. The molecule has 0 bridgehead atoms. The van der Waals surface area contributed by atoms with Gasteiger partial charge in [-0.2, -0.15) is 5.26 Å². The van der Waals surface area contributed by atoms with Gasteiger partial charge in [0.05, 0.1) is 11.5 Å². The molecule has 1 aromatic carbocycles. The molecule has 7 heteroatoms. The standard InChI is InChI=1S/C25H27N5OS/c1-15(2)17-5-7-18(8-6-17)22-23(31)30(4)24(27)29-25(22,3)21-10-20(14-32-21)19-9-16(11-26)12-28-13-19/h5-10,12-13,15,20,22H,14H2,1-4H3,(H2,27,29)/t20?,22-,25-/m1/s1. The maximum atomic E-state index is 13.4. The van der Waals surface area contributed by atoms with Crippen molar-refractivity contribution in [2.45, 2.75) is 44.1 Å². The summed E-state index contributed by atoms with van der Waals surface area (Å²) >= 11 is 1.69. The molecule has 0 saturated heterocycles. The van der Waals surface area contributed by atoms with Crippen LogP contribution in [0, 0.1) is 11.3 Å². The number of amides is 1. The molecule has 2 aromatic rings. The molecule has 0 radical (unpaired) electrons. The third kappa shape index (κ3) is 3.80. The highest BCUT2D eigenvalue weighted by molar-refractivity contribution is 8.03. The summed E-state index contributed by atoms with van der Waals surface area (Å²) in [5, 5.41) is 9.21. The minimum absolute atomic E-state index is 0.0598. The number of allylic oxidation sites excluding steroid dienone is 1. The van der Waals surface area contributed by atoms with Gasteiger partial charge in [0.15, 0.2) is 5.96 Å². The highest BCUT2D eigenvalue weighted by atomic mass is 32.2. The van der Waals surface area contributed by atoms with Crippen molar-refractivity contribution in [2.75, 3.05) is 12.8 Å². The summed E-state index contributed by atoms with van der Waals surface area (Å²) in [6.07, 6.45) is 5.52. The average Bonchev–Trinajstić information content (AvgIpc) is 3.29. The summed E-state index contributed by atoms with van der Waals surface area (Å²) in [6, 6.07) is 12.3. The predicted octanol–water partition coefficient (Wildman–Crippen LogP) is 4.12. The van der Waals surface area contributed by atoms with Crippen molar-refractivity contribution < 1.29 is 4.79 Å². The Bertz CT molecular complexity index is 1150. The van der Waals surface area contributed by atoms with Crippen LogP contribution in [0.15, 0.2) is 58.7 Å². The van der Waals surface area contributed by atoms with Gasteiger partial charge >= 0.3 is 0 Å². The molecule has 1 unspecified atom stereocenters. The Kier molecular flexibility index (Phi) is 5.83. The minimum Gasteiger partial charge on any atom is -0.369 e. The summed E-state index contributed by atoms with van der Waals surface area (Å²) in [5.41, 5.74) is 9.07. The summed E-state index contributed by atoms with van der Waals surface area (Å²) in [5.74, 6) is 1.02. The molecule has 0 aliphatic carbocycles. The van der Waals surface area contributed by atoms with E-state index in [1.54, 1.807) is 31.2 Å². The van der Waals surface area contributed by atoms with Crippen LogP contribution in [0.4, 0.5) is 0 Å². The van der Waals surface area contributed by atoms with Crippen molar-refractivity contribution in [3.63, 3.8) is 0 Å². The molecule has 1 aromatic heterocycles. The largest absolute Gasteiger partial charge is 0.369 e. The van der Waals surface area contributed by atoms with Crippen LogP contribution in [0.25, 0.3) is 0 Å². The van der Waals surface area contributed by atoms with Crippen LogP contribution in [0.5, 0.6) is 0 Å². The van der Waals surface area contributed by atoms with Crippen molar-refractivity contribution >= 4 is 23.6 Å². The minimum atomic E-state index is -0.799. The van der Waals surface area contributed by atoms with Gasteiger partial charge < -0.3 is 5.73 Å². The number of nitrogens with zero attached hydrogens (tertiary/aromatic N) is 4. The lowest BCUT2D eigenvalue weighted by Gasteiger charge is -2.41. The second-order valence-electron chi connectivity index (χ2n) is 8.84. The highest BCUT2D eigenvalue weighted by Gasteiger charge is 2.49. The number of benzene rings is 1. The average molecular weight is 446 g/mol. The van der Waals surface area contributed by atoms with Crippen molar-refractivity contribution in [1.29, 1.82) is 5.26 Å². The Morgan fingerprint density at radius 1 is 1.25 bits per heavy atom. The predicted molar refractivity (Wildman–Crippen MR) is 128 cm³/mol. The zero-order valence-corrected chi connectivity index (χ0v) is 19.6. The Labute approximate surface area is 193 Å². The van der Waals surface area contributed by atoms with Crippen LogP contribution in [0.2, 0.25) is 0 Å². The number of carbonyl (C=O) groups is 1. The third-order valence-electron chi connectivity index (χ3n) is 6.35. The van der Waals surface area contributed by atoms with Gasteiger partial charge in [0.2, 0.25) is 5.91 Å². The van der Waals surface area contributed by atoms with Crippen molar-refractivity contribution in [2.24, 2.45) is 10.7 Å². The Hall–Kier alpha value is -3.11. The second kappa shape index (κ2) is 8.44. The van der Waals surface area contributed by atoms with E-state index in [9.17, 15) is 10.1 Å². The topological polar surface area (TPSA) is 95.4 Å². The number of nitrogens with two attached hydrogens (primary N) is 1. The molecule has 0 fully saturated rings. The van der Waals surface area contributed by atoms with E-state index in [1.165, 1.54) is 10.5 Å². The van der Waals surface area contributed by atoms with E-state index in [0.29, 0.717) is 11.5 Å². The number of thioether (sulfide) groups is 1. The molecule has 2 aliphatic rings. The second-order valence-corrected chi connectivity index (χ2v) is 9.90. The van der Waals surface area contributed by atoms with Crippen molar-refractivity contribution in [3.05, 3.63) is 76.0 Å². The number of hydrogen-bond donors (Lipinski definition) is 1. The quantitative estimate of drug-likeness (QED) is 0.764. The number of carbonyl (C=O) groups excluding carboxylic acids is 1. The lowest BCUT2D eigenvalue weighted by Crippen LogP contribution is -2.54. The van der Waals surface area contributed by atoms with E-state index in [0.717, 1.165) is 21.8 Å². The fraction of sp³-hybridized carbons (Fsp3) is 0.360. The number of hydrogen-bond acceptors (Lipinski definition) is 6. The molecule has 32 heavy (non-hydrogen) atoms. The van der Waals surface area contributed by atoms with Crippen LogP contribution in [-0.4, -0.2) is 40.1 Å². The first-order valence-corrected chi connectivity index (χ1v) is 11.7. The molecular formula is C25H27N5OS. The highest BCUT2D eigenvalue weighted by Crippen LogP contribution is 2.50. The van der Waals surface area contributed by atoms with Gasteiger partial charge in [0.1, 0.15) is 11.6 Å². The monoisotopic (exact) mass is 445 g/mol. The number of aromatic nitrogens is 1. The molecule has 2 N–H and O–H groups in total. The first-order valence-electron chi connectivity index (χ1n) is 10.7. The van der Waals surface area contributed by atoms with Gasteiger partial charge in [-0.1, -0.05) is 44.2 Å². The molecule has 6 nitrogen and oxygen atoms in total. The zero-order valence-electron chi connectivity index (χ0n) is 18.7. The summed E-state index contributed by atoms with van der Waals surface area (Å²) in [4.78, 5) is 25.0. The van der Waals surface area contributed by atoms with Crippen LogP contribution >= 0.6 is 11.8 Å². The summed E-state index contributed by atoms with van der Waals surface area (Å²) in [6.45, 7) is 6.30. The third-order valence-corrected chi connectivity index (χ3v) is 7.74. The Morgan fingerprint density at radius 3 is 2.62 bits per heavy atom. The maximum Gasteiger partial charge on any atom is 0.239 e. The number of aliphatic imine (C=N–C) groups is 1. The normalized spacial score (nSPS) is 25.5. The first-order chi connectivity index (χ1) is 15.2. The van der Waals surface area contributed by atoms with Crippen LogP contribution in [-0.2, 0) is 4.79 Å². The maximum absolute atomic E-state index is 13.4. The van der Waals surface area contributed by atoms with Gasteiger partial charge in [0, 0.05) is 36.0 Å². The SMILES string of the molecule is CC(C)c1ccc([C@@H]2C(=O)N(C)C(N)=N[C@]2(C)C2=CC(c3cncc(C#N)c3)CS2)cc1. The van der Waals surface area contributed by atoms with Gasteiger partial charge in [0.25, 0.3) is 0 Å². The lowest BCUT2D eigenvalue weighted by atomic mass is 9.77. The number of guanidine groups is 1. The van der Waals surface area contributed by atoms with Crippen LogP contribution in [0.1, 0.15) is 60.8 Å². The number of likely N-dealkylation sites (N-methyl/N-ethyl adjacent to an activating group) is 1. The molecule has 0 saturated carbocycles. The summed E-state index contributed by atoms with van der Waals surface area (Å²) in [7, 11) is 1.67. The molecule has 4 rings (SSSR count). The van der Waals surface area contributed by atoms with Crippen molar-refractivity contribution in [3.8, 4) is 6.07 Å². The zero-order chi connectivity index (χ0) is 23.0. The van der Waals surface area contributed by atoms with E-state index in [4.69, 9.17) is 10.7 Å². The van der Waals surface area contributed by atoms with Crippen molar-refractivity contribution in [1.82, 2.24) is 9.88 Å². The van der Waals surface area contributed by atoms with E-state index < -0.39 is 11.5 Å². The van der Waals surface area contributed by atoms with E-state index in [1.807, 2.05) is 25.1 Å². The van der Waals surface area contributed by atoms with Gasteiger partial charge in [-0.05, 0) is 35.6 Å². The molecule has 1 amide bonds. The first kappa shape index (κ1) is 22.1. The lowest BCUT2D eigenvalue weighted by molar-refractivity contribution is -0.129. The van der Waals surface area contributed by atoms with Crippen LogP contribution < -0.4 is 5.73 Å². The van der Waals surface area contributed by atoms with Crippen LogP contribution in [0.3, 0.4) is 0 Å². The van der Waals surface area contributed by atoms with E-state index in [2.05, 4.69) is 43.1 Å².